The Bertz CT molecular complexity index is 428. The van der Waals surface area contributed by atoms with Crippen molar-refractivity contribution in [3.8, 4) is 0 Å². The van der Waals surface area contributed by atoms with E-state index in [1.165, 1.54) is 6.07 Å². The van der Waals surface area contributed by atoms with Crippen molar-refractivity contribution in [1.29, 1.82) is 0 Å². The lowest BCUT2D eigenvalue weighted by Crippen LogP contribution is -2.14. The fourth-order valence-corrected chi connectivity index (χ4v) is 1.38. The molecule has 0 fully saturated rings. The van der Waals surface area contributed by atoms with E-state index in [0.717, 1.165) is 6.42 Å². The molecule has 0 saturated heterocycles. The summed E-state index contributed by atoms with van der Waals surface area (Å²) >= 11 is 0. The number of aliphatic carboxylic acids is 1. The van der Waals surface area contributed by atoms with Crippen molar-refractivity contribution in [2.24, 2.45) is 0 Å². The molecule has 0 aromatic carbocycles. The molecule has 94 valence electrons. The Kier molecular flexibility index (Phi) is 5.19. The standard InChI is InChI=1S/C11H17N3O3/c1-2-8-13-9(7-10(15)14-8)12-6-4-3-5-11(16)17/h7H,2-6H2,1H3,(H,16,17)(H2,12,13,14,15). The van der Waals surface area contributed by atoms with Gasteiger partial charge in [-0.05, 0) is 12.8 Å². The number of aromatic amines is 1. The zero-order valence-electron chi connectivity index (χ0n) is 9.82. The van der Waals surface area contributed by atoms with E-state index in [4.69, 9.17) is 5.11 Å². The first-order valence-corrected chi connectivity index (χ1v) is 5.67. The predicted molar refractivity (Wildman–Crippen MR) is 64.2 cm³/mol. The highest BCUT2D eigenvalue weighted by atomic mass is 16.4. The van der Waals surface area contributed by atoms with Crippen LogP contribution in [0.5, 0.6) is 0 Å². The fraction of sp³-hybridized carbons (Fsp3) is 0.545. The van der Waals surface area contributed by atoms with Crippen molar-refractivity contribution in [2.75, 3.05) is 11.9 Å². The highest BCUT2D eigenvalue weighted by Gasteiger charge is 2.00. The highest BCUT2D eigenvalue weighted by Crippen LogP contribution is 2.01. The molecule has 0 amide bonds. The maximum Gasteiger partial charge on any atom is 0.303 e. The topological polar surface area (TPSA) is 95.1 Å². The number of carboxylic acid groups (broad SMARTS) is 1. The lowest BCUT2D eigenvalue weighted by Gasteiger charge is -2.05. The molecule has 0 radical (unpaired) electrons. The second-order valence-corrected chi connectivity index (χ2v) is 3.71. The molecule has 0 bridgehead atoms. The quantitative estimate of drug-likeness (QED) is 0.617. The van der Waals surface area contributed by atoms with Gasteiger partial charge in [-0.3, -0.25) is 9.59 Å². The second kappa shape index (κ2) is 6.67. The van der Waals surface area contributed by atoms with E-state index >= 15 is 0 Å². The minimum atomic E-state index is -0.785. The van der Waals surface area contributed by atoms with Crippen LogP contribution in [-0.4, -0.2) is 27.6 Å². The summed E-state index contributed by atoms with van der Waals surface area (Å²) in [6, 6.07) is 1.40. The largest absolute Gasteiger partial charge is 0.481 e. The lowest BCUT2D eigenvalue weighted by molar-refractivity contribution is -0.137. The molecule has 1 aromatic rings. The Hall–Kier alpha value is -1.85. The number of hydrogen-bond donors (Lipinski definition) is 3. The zero-order chi connectivity index (χ0) is 12.7. The first-order valence-electron chi connectivity index (χ1n) is 5.67. The van der Waals surface area contributed by atoms with E-state index in [1.807, 2.05) is 6.92 Å². The zero-order valence-corrected chi connectivity index (χ0v) is 9.82. The van der Waals surface area contributed by atoms with Gasteiger partial charge in [0.2, 0.25) is 0 Å². The Balaban J connectivity index is 2.38. The molecule has 0 aliphatic heterocycles. The molecule has 3 N–H and O–H groups in total. The fourth-order valence-electron chi connectivity index (χ4n) is 1.38. The van der Waals surface area contributed by atoms with Crippen molar-refractivity contribution in [2.45, 2.75) is 32.6 Å². The Morgan fingerprint density at radius 1 is 1.53 bits per heavy atom. The van der Waals surface area contributed by atoms with Crippen molar-refractivity contribution in [3.05, 3.63) is 22.2 Å². The van der Waals surface area contributed by atoms with E-state index in [1.54, 1.807) is 0 Å². The molecule has 0 unspecified atom stereocenters. The summed E-state index contributed by atoms with van der Waals surface area (Å²) in [5.41, 5.74) is -0.176. The predicted octanol–water partition coefficient (Wildman–Crippen LogP) is 0.999. The van der Waals surface area contributed by atoms with Gasteiger partial charge in [0.15, 0.2) is 0 Å². The van der Waals surface area contributed by atoms with Crippen LogP contribution in [0.3, 0.4) is 0 Å². The smallest absolute Gasteiger partial charge is 0.303 e. The molecular weight excluding hydrogens is 222 g/mol. The van der Waals surface area contributed by atoms with Gasteiger partial charge in [0, 0.05) is 25.5 Å². The van der Waals surface area contributed by atoms with Crippen LogP contribution in [0.1, 0.15) is 32.0 Å². The average Bonchev–Trinajstić information content (AvgIpc) is 2.27. The number of hydrogen-bond acceptors (Lipinski definition) is 4. The summed E-state index contributed by atoms with van der Waals surface area (Å²) in [6.07, 6.45) is 2.20. The van der Waals surface area contributed by atoms with Crippen LogP contribution in [0.2, 0.25) is 0 Å². The molecule has 1 heterocycles. The van der Waals surface area contributed by atoms with Crippen molar-refractivity contribution < 1.29 is 9.90 Å². The van der Waals surface area contributed by atoms with Crippen LogP contribution in [0.25, 0.3) is 0 Å². The van der Waals surface area contributed by atoms with Crippen LogP contribution >= 0.6 is 0 Å². The lowest BCUT2D eigenvalue weighted by atomic mass is 10.2. The number of carboxylic acids is 1. The maximum absolute atomic E-state index is 11.2. The first-order chi connectivity index (χ1) is 8.11. The van der Waals surface area contributed by atoms with Gasteiger partial charge in [0.05, 0.1) is 0 Å². The molecule has 0 aliphatic rings. The minimum Gasteiger partial charge on any atom is -0.481 e. The van der Waals surface area contributed by atoms with Gasteiger partial charge in [-0.25, -0.2) is 4.98 Å². The van der Waals surface area contributed by atoms with E-state index in [0.29, 0.717) is 31.0 Å². The molecule has 0 atom stereocenters. The normalized spacial score (nSPS) is 10.2. The third kappa shape index (κ3) is 5.14. The average molecular weight is 239 g/mol. The number of nitrogens with zero attached hydrogens (tertiary/aromatic N) is 1. The van der Waals surface area contributed by atoms with Crippen LogP contribution in [0.15, 0.2) is 10.9 Å². The molecule has 6 nitrogen and oxygen atoms in total. The van der Waals surface area contributed by atoms with Crippen molar-refractivity contribution >= 4 is 11.8 Å². The minimum absolute atomic E-state index is 0.171. The van der Waals surface area contributed by atoms with Gasteiger partial charge >= 0.3 is 5.97 Å². The monoisotopic (exact) mass is 239 g/mol. The number of nitrogens with one attached hydrogen (secondary N) is 2. The highest BCUT2D eigenvalue weighted by molar-refractivity contribution is 5.66. The number of aromatic nitrogens is 2. The summed E-state index contributed by atoms with van der Waals surface area (Å²) in [5, 5.41) is 11.5. The van der Waals surface area contributed by atoms with Crippen LogP contribution in [0, 0.1) is 0 Å². The number of anilines is 1. The van der Waals surface area contributed by atoms with E-state index < -0.39 is 5.97 Å². The second-order valence-electron chi connectivity index (χ2n) is 3.71. The molecule has 6 heteroatoms. The van der Waals surface area contributed by atoms with Gasteiger partial charge in [-0.1, -0.05) is 6.92 Å². The van der Waals surface area contributed by atoms with Gasteiger partial charge in [-0.2, -0.15) is 0 Å². The third-order valence-corrected chi connectivity index (χ3v) is 2.25. The summed E-state index contributed by atoms with van der Waals surface area (Å²) in [5.74, 6) is 0.402. The Morgan fingerprint density at radius 2 is 2.29 bits per heavy atom. The molecule has 0 saturated carbocycles. The molecule has 0 spiro atoms. The molecule has 1 rings (SSSR count). The number of unbranched alkanes of at least 4 members (excludes halogenated alkanes) is 1. The summed E-state index contributed by atoms with van der Waals surface area (Å²) in [6.45, 7) is 2.53. The summed E-state index contributed by atoms with van der Waals surface area (Å²) < 4.78 is 0. The summed E-state index contributed by atoms with van der Waals surface area (Å²) in [7, 11) is 0. The number of H-pyrrole nitrogens is 1. The Morgan fingerprint density at radius 3 is 2.94 bits per heavy atom. The maximum atomic E-state index is 11.2. The van der Waals surface area contributed by atoms with E-state index in [-0.39, 0.29) is 12.0 Å². The number of carbonyl (C=O) groups is 1. The van der Waals surface area contributed by atoms with Crippen molar-refractivity contribution in [1.82, 2.24) is 9.97 Å². The number of aryl methyl sites for hydroxylation is 1. The van der Waals surface area contributed by atoms with Crippen LogP contribution < -0.4 is 10.9 Å². The SMILES string of the molecule is CCc1nc(NCCCCC(=O)O)cc(=O)[nH]1. The summed E-state index contributed by atoms with van der Waals surface area (Å²) in [4.78, 5) is 28.3. The van der Waals surface area contributed by atoms with E-state index in [2.05, 4.69) is 15.3 Å². The van der Waals surface area contributed by atoms with Gasteiger partial charge < -0.3 is 15.4 Å². The molecular formula is C11H17N3O3. The van der Waals surface area contributed by atoms with Crippen LogP contribution in [0.4, 0.5) is 5.82 Å². The van der Waals surface area contributed by atoms with E-state index in [9.17, 15) is 9.59 Å². The third-order valence-electron chi connectivity index (χ3n) is 2.25. The van der Waals surface area contributed by atoms with Gasteiger partial charge in [0.1, 0.15) is 11.6 Å². The molecule has 17 heavy (non-hydrogen) atoms. The van der Waals surface area contributed by atoms with Crippen molar-refractivity contribution in [3.63, 3.8) is 0 Å². The Labute approximate surface area is 99.1 Å². The molecule has 1 aromatic heterocycles. The van der Waals surface area contributed by atoms with Crippen LogP contribution in [-0.2, 0) is 11.2 Å². The first kappa shape index (κ1) is 13.2. The number of rotatable bonds is 7. The van der Waals surface area contributed by atoms with Gasteiger partial charge in [-0.15, -0.1) is 0 Å². The molecule has 0 aliphatic carbocycles. The van der Waals surface area contributed by atoms with Gasteiger partial charge in [0.25, 0.3) is 5.56 Å².